The van der Waals surface area contributed by atoms with E-state index in [1.165, 1.54) is 30.6 Å². The Labute approximate surface area is 127 Å². The zero-order chi connectivity index (χ0) is 15.5. The Kier molecular flexibility index (Phi) is 4.74. The molecule has 0 atom stereocenters. The van der Waals surface area contributed by atoms with Gasteiger partial charge in [0.2, 0.25) is 0 Å². The standard InChI is InChI=1S/C12H8Cl2F3N3O/c13-10-9(11(14)20-6-19-10)18-5-7-1-3-8(4-2-7)21-12(15,16)17/h1-4,6,18H,5H2. The highest BCUT2D eigenvalue weighted by atomic mass is 35.5. The fraction of sp³-hybridized carbons (Fsp3) is 0.167. The maximum Gasteiger partial charge on any atom is 0.573 e. The Morgan fingerprint density at radius 3 is 2.14 bits per heavy atom. The van der Waals surface area contributed by atoms with Gasteiger partial charge in [-0.1, -0.05) is 35.3 Å². The number of alkyl halides is 3. The van der Waals surface area contributed by atoms with Crippen molar-refractivity contribution in [2.75, 3.05) is 5.32 Å². The van der Waals surface area contributed by atoms with E-state index in [4.69, 9.17) is 23.2 Å². The summed E-state index contributed by atoms with van der Waals surface area (Å²) in [6, 6.07) is 5.41. The average molecular weight is 338 g/mol. The molecule has 0 fully saturated rings. The zero-order valence-electron chi connectivity index (χ0n) is 10.3. The number of nitrogens with zero attached hydrogens (tertiary/aromatic N) is 2. The van der Waals surface area contributed by atoms with Gasteiger partial charge >= 0.3 is 6.36 Å². The van der Waals surface area contributed by atoms with Crippen LogP contribution in [0.3, 0.4) is 0 Å². The monoisotopic (exact) mass is 337 g/mol. The van der Waals surface area contributed by atoms with Crippen molar-refractivity contribution in [3.63, 3.8) is 0 Å². The first-order valence-electron chi connectivity index (χ1n) is 5.60. The van der Waals surface area contributed by atoms with E-state index in [0.717, 1.165) is 0 Å². The highest BCUT2D eigenvalue weighted by Gasteiger charge is 2.30. The van der Waals surface area contributed by atoms with Crippen LogP contribution in [-0.4, -0.2) is 16.3 Å². The van der Waals surface area contributed by atoms with Gasteiger partial charge in [0.15, 0.2) is 10.3 Å². The molecule has 0 radical (unpaired) electrons. The molecular formula is C12H8Cl2F3N3O. The van der Waals surface area contributed by atoms with E-state index in [1.807, 2.05) is 0 Å². The van der Waals surface area contributed by atoms with Crippen molar-refractivity contribution < 1.29 is 17.9 Å². The quantitative estimate of drug-likeness (QED) is 0.845. The van der Waals surface area contributed by atoms with Gasteiger partial charge in [0, 0.05) is 6.54 Å². The van der Waals surface area contributed by atoms with Crippen molar-refractivity contribution in [3.8, 4) is 5.75 Å². The molecule has 1 aromatic carbocycles. The van der Waals surface area contributed by atoms with Crippen LogP contribution in [0.4, 0.5) is 18.9 Å². The zero-order valence-corrected chi connectivity index (χ0v) is 11.8. The molecule has 0 aliphatic rings. The third-order valence-electron chi connectivity index (χ3n) is 2.38. The summed E-state index contributed by atoms with van der Waals surface area (Å²) in [4.78, 5) is 7.54. The fourth-order valence-electron chi connectivity index (χ4n) is 1.49. The predicted molar refractivity (Wildman–Crippen MR) is 72.5 cm³/mol. The molecule has 2 rings (SSSR count). The maximum absolute atomic E-state index is 12.0. The van der Waals surface area contributed by atoms with Crippen LogP contribution in [0.15, 0.2) is 30.6 Å². The number of hydrogen-bond donors (Lipinski definition) is 1. The summed E-state index contributed by atoms with van der Waals surface area (Å²) in [6.45, 7) is 0.291. The number of nitrogens with one attached hydrogen (secondary N) is 1. The van der Waals surface area contributed by atoms with Gasteiger partial charge in [0.1, 0.15) is 17.8 Å². The molecule has 1 aromatic heterocycles. The molecule has 0 aliphatic carbocycles. The minimum absolute atomic E-state index is 0.159. The largest absolute Gasteiger partial charge is 0.573 e. The van der Waals surface area contributed by atoms with Crippen molar-refractivity contribution in [2.24, 2.45) is 0 Å². The second-order valence-corrected chi connectivity index (χ2v) is 4.59. The molecule has 4 nitrogen and oxygen atoms in total. The molecule has 9 heteroatoms. The lowest BCUT2D eigenvalue weighted by molar-refractivity contribution is -0.274. The molecular weight excluding hydrogens is 330 g/mol. The van der Waals surface area contributed by atoms with Gasteiger partial charge in [0.05, 0.1) is 0 Å². The SMILES string of the molecule is FC(F)(F)Oc1ccc(CNc2c(Cl)ncnc2Cl)cc1. The Morgan fingerprint density at radius 1 is 1.05 bits per heavy atom. The second kappa shape index (κ2) is 6.36. The first-order valence-corrected chi connectivity index (χ1v) is 6.35. The maximum atomic E-state index is 12.0. The molecule has 0 saturated heterocycles. The topological polar surface area (TPSA) is 47.0 Å². The van der Waals surface area contributed by atoms with Crippen LogP contribution in [0.25, 0.3) is 0 Å². The summed E-state index contributed by atoms with van der Waals surface area (Å²) < 4.78 is 39.8. The lowest BCUT2D eigenvalue weighted by Gasteiger charge is -2.11. The Hall–Kier alpha value is -1.73. The molecule has 0 spiro atoms. The van der Waals surface area contributed by atoms with Crippen molar-refractivity contribution in [1.29, 1.82) is 0 Å². The minimum Gasteiger partial charge on any atom is -0.406 e. The Bertz CT molecular complexity index is 600. The molecule has 0 amide bonds. The molecule has 21 heavy (non-hydrogen) atoms. The number of ether oxygens (including phenoxy) is 1. The molecule has 0 saturated carbocycles. The van der Waals surface area contributed by atoms with Gasteiger partial charge in [-0.15, -0.1) is 13.2 Å². The Morgan fingerprint density at radius 2 is 1.62 bits per heavy atom. The second-order valence-electron chi connectivity index (χ2n) is 3.88. The lowest BCUT2D eigenvalue weighted by Crippen LogP contribution is -2.17. The first-order chi connectivity index (χ1) is 9.85. The van der Waals surface area contributed by atoms with Crippen LogP contribution in [0.2, 0.25) is 10.3 Å². The summed E-state index contributed by atoms with van der Waals surface area (Å²) in [5, 5.41) is 3.23. The Balaban J connectivity index is 2.01. The predicted octanol–water partition coefficient (Wildman–Crippen LogP) is 4.29. The highest BCUT2D eigenvalue weighted by molar-refractivity contribution is 6.37. The van der Waals surface area contributed by atoms with Crippen molar-refractivity contribution in [2.45, 2.75) is 12.9 Å². The van der Waals surface area contributed by atoms with E-state index in [0.29, 0.717) is 17.8 Å². The normalized spacial score (nSPS) is 11.3. The highest BCUT2D eigenvalue weighted by Crippen LogP contribution is 2.27. The van der Waals surface area contributed by atoms with Crippen LogP contribution in [0.5, 0.6) is 5.75 Å². The van der Waals surface area contributed by atoms with E-state index in [2.05, 4.69) is 20.0 Å². The molecule has 0 unspecified atom stereocenters. The van der Waals surface area contributed by atoms with Crippen LogP contribution in [0.1, 0.15) is 5.56 Å². The molecule has 112 valence electrons. The number of halogens is 5. The first kappa shape index (κ1) is 15.7. The van der Waals surface area contributed by atoms with Crippen LogP contribution < -0.4 is 10.1 Å². The smallest absolute Gasteiger partial charge is 0.406 e. The van der Waals surface area contributed by atoms with E-state index in [9.17, 15) is 13.2 Å². The van der Waals surface area contributed by atoms with Crippen molar-refractivity contribution in [1.82, 2.24) is 9.97 Å². The summed E-state index contributed by atoms with van der Waals surface area (Å²) in [5.41, 5.74) is 1.07. The number of benzene rings is 1. The van der Waals surface area contributed by atoms with Crippen LogP contribution in [0, 0.1) is 0 Å². The summed E-state index contributed by atoms with van der Waals surface area (Å²) in [6.07, 6.45) is -3.48. The summed E-state index contributed by atoms with van der Waals surface area (Å²) in [5.74, 6) is -0.287. The summed E-state index contributed by atoms with van der Waals surface area (Å²) >= 11 is 11.7. The van der Waals surface area contributed by atoms with E-state index in [1.54, 1.807) is 0 Å². The summed E-state index contributed by atoms with van der Waals surface area (Å²) in [7, 11) is 0. The van der Waals surface area contributed by atoms with Gasteiger partial charge in [-0.3, -0.25) is 0 Å². The number of anilines is 1. The molecule has 0 aliphatic heterocycles. The van der Waals surface area contributed by atoms with E-state index in [-0.39, 0.29) is 16.1 Å². The van der Waals surface area contributed by atoms with Gasteiger partial charge in [0.25, 0.3) is 0 Å². The average Bonchev–Trinajstić information content (AvgIpc) is 2.38. The minimum atomic E-state index is -4.71. The molecule has 2 aromatic rings. The fourth-order valence-corrected chi connectivity index (χ4v) is 1.94. The number of aromatic nitrogens is 2. The number of rotatable bonds is 4. The van der Waals surface area contributed by atoms with Crippen LogP contribution >= 0.6 is 23.2 Å². The van der Waals surface area contributed by atoms with Gasteiger partial charge < -0.3 is 10.1 Å². The molecule has 1 heterocycles. The van der Waals surface area contributed by atoms with E-state index < -0.39 is 6.36 Å². The van der Waals surface area contributed by atoms with E-state index >= 15 is 0 Å². The molecule has 1 N–H and O–H groups in total. The molecule has 0 bridgehead atoms. The van der Waals surface area contributed by atoms with Gasteiger partial charge in [-0.05, 0) is 17.7 Å². The third kappa shape index (κ3) is 4.64. The lowest BCUT2D eigenvalue weighted by atomic mass is 10.2. The number of hydrogen-bond acceptors (Lipinski definition) is 4. The van der Waals surface area contributed by atoms with Crippen LogP contribution in [-0.2, 0) is 6.54 Å². The van der Waals surface area contributed by atoms with Gasteiger partial charge in [-0.25, -0.2) is 9.97 Å². The van der Waals surface area contributed by atoms with Crippen molar-refractivity contribution in [3.05, 3.63) is 46.5 Å². The third-order valence-corrected chi connectivity index (χ3v) is 2.95. The van der Waals surface area contributed by atoms with Crippen molar-refractivity contribution >= 4 is 28.9 Å². The van der Waals surface area contributed by atoms with Gasteiger partial charge in [-0.2, -0.15) is 0 Å².